The summed E-state index contributed by atoms with van der Waals surface area (Å²) >= 11 is 5.40. The number of rotatable bonds is 7. The highest BCUT2D eigenvalue weighted by molar-refractivity contribution is 7.80. The van der Waals surface area contributed by atoms with Crippen LogP contribution in [0.5, 0.6) is 11.5 Å². The van der Waals surface area contributed by atoms with E-state index in [9.17, 15) is 0 Å². The quantitative estimate of drug-likeness (QED) is 0.655. The summed E-state index contributed by atoms with van der Waals surface area (Å²) < 4.78 is 11.8. The van der Waals surface area contributed by atoms with Crippen molar-refractivity contribution in [3.63, 3.8) is 0 Å². The second-order valence-corrected chi connectivity index (χ2v) is 8.17. The summed E-state index contributed by atoms with van der Waals surface area (Å²) in [6.07, 6.45) is 2.66. The molecule has 6 heteroatoms. The second kappa shape index (κ2) is 10.5. The molecule has 3 rings (SSSR count). The Morgan fingerprint density at radius 2 is 1.66 bits per heavy atom. The average Bonchev–Trinajstić information content (AvgIpc) is 2.70. The van der Waals surface area contributed by atoms with Crippen LogP contribution in [0, 0.1) is 0 Å². The molecule has 0 atom stereocenters. The van der Waals surface area contributed by atoms with Crippen molar-refractivity contribution in [3.05, 3.63) is 54.1 Å². The van der Waals surface area contributed by atoms with E-state index in [1.54, 1.807) is 0 Å². The standard InChI is InChI=1S/C23H31N3O2S/c1-17(2)27-20-10-6-19(7-11-20)25-23(29)24-16-18-4-8-21(9-5-18)28-22-12-14-26(3)15-13-22/h4-11,17,22H,12-16H2,1-3H3,(H2,24,25,29). The third kappa shape index (κ3) is 7.22. The van der Waals surface area contributed by atoms with Gasteiger partial charge < -0.3 is 25.0 Å². The molecule has 0 aromatic heterocycles. The molecular formula is C23H31N3O2S. The van der Waals surface area contributed by atoms with Crippen molar-refractivity contribution in [1.29, 1.82) is 0 Å². The van der Waals surface area contributed by atoms with Gasteiger partial charge in [-0.25, -0.2) is 0 Å². The third-order valence-electron chi connectivity index (χ3n) is 4.83. The molecule has 0 spiro atoms. The Bertz CT molecular complexity index is 770. The van der Waals surface area contributed by atoms with Crippen LogP contribution in [0.15, 0.2) is 48.5 Å². The first-order chi connectivity index (χ1) is 14.0. The number of thiocarbonyl (C=S) groups is 1. The minimum atomic E-state index is 0.165. The lowest BCUT2D eigenvalue weighted by molar-refractivity contribution is 0.114. The Hall–Kier alpha value is -2.31. The van der Waals surface area contributed by atoms with Gasteiger partial charge in [-0.1, -0.05) is 12.1 Å². The third-order valence-corrected chi connectivity index (χ3v) is 5.08. The maximum Gasteiger partial charge on any atom is 0.171 e. The van der Waals surface area contributed by atoms with Crippen molar-refractivity contribution < 1.29 is 9.47 Å². The van der Waals surface area contributed by atoms with Gasteiger partial charge in [-0.15, -0.1) is 0 Å². The molecule has 156 valence electrons. The van der Waals surface area contributed by atoms with Gasteiger partial charge in [-0.2, -0.15) is 0 Å². The summed E-state index contributed by atoms with van der Waals surface area (Å²) in [6.45, 7) is 6.89. The molecule has 2 aromatic carbocycles. The minimum absolute atomic E-state index is 0.165. The van der Waals surface area contributed by atoms with Crippen molar-refractivity contribution in [3.8, 4) is 11.5 Å². The number of anilines is 1. The van der Waals surface area contributed by atoms with E-state index in [-0.39, 0.29) is 6.10 Å². The molecule has 1 aliphatic heterocycles. The fraction of sp³-hybridized carbons (Fsp3) is 0.435. The van der Waals surface area contributed by atoms with Crippen LogP contribution in [0.3, 0.4) is 0 Å². The monoisotopic (exact) mass is 413 g/mol. The van der Waals surface area contributed by atoms with Crippen molar-refractivity contribution in [2.24, 2.45) is 0 Å². The van der Waals surface area contributed by atoms with E-state index in [1.165, 1.54) is 0 Å². The average molecular weight is 414 g/mol. The number of piperidine rings is 1. The maximum atomic E-state index is 6.10. The lowest BCUT2D eigenvalue weighted by atomic mass is 10.1. The van der Waals surface area contributed by atoms with Crippen molar-refractivity contribution >= 4 is 23.0 Å². The van der Waals surface area contributed by atoms with Gasteiger partial charge in [0.25, 0.3) is 0 Å². The van der Waals surface area contributed by atoms with Crippen LogP contribution in [-0.2, 0) is 6.54 Å². The van der Waals surface area contributed by atoms with Crippen molar-refractivity contribution in [1.82, 2.24) is 10.2 Å². The Balaban J connectivity index is 1.41. The topological polar surface area (TPSA) is 45.8 Å². The van der Waals surface area contributed by atoms with E-state index in [0.717, 1.165) is 48.7 Å². The zero-order valence-electron chi connectivity index (χ0n) is 17.5. The molecule has 0 unspecified atom stereocenters. The van der Waals surface area contributed by atoms with Crippen LogP contribution in [0.4, 0.5) is 5.69 Å². The van der Waals surface area contributed by atoms with Crippen LogP contribution in [0.2, 0.25) is 0 Å². The van der Waals surface area contributed by atoms with Crippen molar-refractivity contribution in [2.75, 3.05) is 25.5 Å². The van der Waals surface area contributed by atoms with Gasteiger partial charge in [0.1, 0.15) is 17.6 Å². The van der Waals surface area contributed by atoms with Crippen LogP contribution in [0.25, 0.3) is 0 Å². The SMILES string of the molecule is CC(C)Oc1ccc(NC(=S)NCc2ccc(OC3CCN(C)CC3)cc2)cc1. The summed E-state index contributed by atoms with van der Waals surface area (Å²) in [4.78, 5) is 2.35. The second-order valence-electron chi connectivity index (χ2n) is 7.76. The van der Waals surface area contributed by atoms with E-state index in [0.29, 0.717) is 17.8 Å². The summed E-state index contributed by atoms with van der Waals surface area (Å²) in [5.74, 6) is 1.79. The Kier molecular flexibility index (Phi) is 7.72. The zero-order valence-corrected chi connectivity index (χ0v) is 18.3. The molecule has 1 fully saturated rings. The molecule has 1 aliphatic rings. The fourth-order valence-corrected chi connectivity index (χ4v) is 3.42. The molecule has 0 amide bonds. The molecule has 1 heterocycles. The van der Waals surface area contributed by atoms with Gasteiger partial charge in [-0.3, -0.25) is 0 Å². The van der Waals surface area contributed by atoms with Gasteiger partial charge >= 0.3 is 0 Å². The lowest BCUT2D eigenvalue weighted by Gasteiger charge is -2.29. The molecule has 2 aromatic rings. The Morgan fingerprint density at radius 1 is 1.03 bits per heavy atom. The molecule has 1 saturated heterocycles. The molecule has 0 aliphatic carbocycles. The smallest absolute Gasteiger partial charge is 0.171 e. The van der Waals surface area contributed by atoms with Crippen LogP contribution in [-0.4, -0.2) is 42.4 Å². The summed E-state index contributed by atoms with van der Waals surface area (Å²) in [5.41, 5.74) is 2.09. The first kappa shape index (κ1) is 21.4. The van der Waals surface area contributed by atoms with Crippen molar-refractivity contribution in [2.45, 2.75) is 45.4 Å². The van der Waals surface area contributed by atoms with E-state index in [2.05, 4.69) is 34.7 Å². The van der Waals surface area contributed by atoms with Crippen LogP contribution < -0.4 is 20.1 Å². The molecule has 0 radical (unpaired) electrons. The van der Waals surface area contributed by atoms with E-state index in [1.807, 2.05) is 50.2 Å². The fourth-order valence-electron chi connectivity index (χ4n) is 3.23. The largest absolute Gasteiger partial charge is 0.491 e. The highest BCUT2D eigenvalue weighted by Crippen LogP contribution is 2.19. The highest BCUT2D eigenvalue weighted by atomic mass is 32.1. The number of likely N-dealkylation sites (tertiary alicyclic amines) is 1. The molecule has 2 N–H and O–H groups in total. The first-order valence-corrected chi connectivity index (χ1v) is 10.6. The predicted molar refractivity (Wildman–Crippen MR) is 123 cm³/mol. The molecule has 29 heavy (non-hydrogen) atoms. The minimum Gasteiger partial charge on any atom is -0.491 e. The van der Waals surface area contributed by atoms with Gasteiger partial charge in [0, 0.05) is 25.3 Å². The highest BCUT2D eigenvalue weighted by Gasteiger charge is 2.17. The van der Waals surface area contributed by atoms with Gasteiger partial charge in [0.05, 0.1) is 6.10 Å². The van der Waals surface area contributed by atoms with Gasteiger partial charge in [-0.05, 0) is 87.9 Å². The molecular weight excluding hydrogens is 382 g/mol. The predicted octanol–water partition coefficient (Wildman–Crippen LogP) is 4.43. The lowest BCUT2D eigenvalue weighted by Crippen LogP contribution is -2.35. The first-order valence-electron chi connectivity index (χ1n) is 10.2. The zero-order chi connectivity index (χ0) is 20.6. The number of ether oxygens (including phenoxy) is 2. The number of hydrogen-bond acceptors (Lipinski definition) is 4. The number of nitrogens with one attached hydrogen (secondary N) is 2. The number of nitrogens with zero attached hydrogens (tertiary/aromatic N) is 1. The Morgan fingerprint density at radius 3 is 2.28 bits per heavy atom. The molecule has 0 saturated carbocycles. The van der Waals surface area contributed by atoms with E-state index in [4.69, 9.17) is 21.7 Å². The number of benzene rings is 2. The normalized spacial score (nSPS) is 15.2. The summed E-state index contributed by atoms with van der Waals surface area (Å²) in [6, 6.07) is 16.0. The Labute approximate surface area is 179 Å². The van der Waals surface area contributed by atoms with E-state index < -0.39 is 0 Å². The van der Waals surface area contributed by atoms with Gasteiger partial charge in [0.2, 0.25) is 0 Å². The summed E-state index contributed by atoms with van der Waals surface area (Å²) in [5, 5.41) is 7.03. The summed E-state index contributed by atoms with van der Waals surface area (Å²) in [7, 11) is 2.16. The molecule has 5 nitrogen and oxygen atoms in total. The van der Waals surface area contributed by atoms with E-state index >= 15 is 0 Å². The number of hydrogen-bond donors (Lipinski definition) is 2. The van der Waals surface area contributed by atoms with Crippen LogP contribution >= 0.6 is 12.2 Å². The van der Waals surface area contributed by atoms with Gasteiger partial charge in [0.15, 0.2) is 5.11 Å². The van der Waals surface area contributed by atoms with Crippen LogP contribution in [0.1, 0.15) is 32.3 Å². The maximum absolute atomic E-state index is 6.10. The molecule has 0 bridgehead atoms.